The van der Waals surface area contributed by atoms with Crippen LogP contribution in [-0.2, 0) is 4.74 Å². The predicted molar refractivity (Wildman–Crippen MR) is 89.8 cm³/mol. The zero-order valence-corrected chi connectivity index (χ0v) is 13.4. The Morgan fingerprint density at radius 1 is 1.14 bits per heavy atom. The highest BCUT2D eigenvalue weighted by Crippen LogP contribution is 2.24. The molecule has 4 heteroatoms. The number of nitrogens with zero attached hydrogens (tertiary/aromatic N) is 2. The first-order chi connectivity index (χ1) is 10.3. The van der Waals surface area contributed by atoms with E-state index in [4.69, 9.17) is 10.5 Å². The summed E-state index contributed by atoms with van der Waals surface area (Å²) >= 11 is 0. The van der Waals surface area contributed by atoms with Gasteiger partial charge < -0.3 is 15.4 Å². The third-order valence-electron chi connectivity index (χ3n) is 4.14. The molecule has 2 saturated heterocycles. The molecule has 118 valence electrons. The first-order valence-corrected chi connectivity index (χ1v) is 8.26. The molecule has 0 spiro atoms. The molecule has 1 atom stereocenters. The molecule has 0 aliphatic carbocycles. The molecule has 0 radical (unpaired) electrons. The summed E-state index contributed by atoms with van der Waals surface area (Å²) < 4.78 is 5.71. The molecule has 0 saturated carbocycles. The smallest absolute Gasteiger partial charge is 0.0702 e. The third-order valence-corrected chi connectivity index (χ3v) is 4.14. The molecule has 1 aromatic rings. The van der Waals surface area contributed by atoms with Gasteiger partial charge in [0.25, 0.3) is 0 Å². The fourth-order valence-corrected chi connectivity index (χ4v) is 3.02. The number of para-hydroxylation sites is 2. The van der Waals surface area contributed by atoms with Crippen LogP contribution in [0.25, 0.3) is 0 Å². The van der Waals surface area contributed by atoms with Crippen molar-refractivity contribution in [2.45, 2.75) is 32.8 Å². The van der Waals surface area contributed by atoms with E-state index in [1.165, 1.54) is 18.5 Å². The maximum absolute atomic E-state index is 6.04. The van der Waals surface area contributed by atoms with E-state index >= 15 is 0 Å². The van der Waals surface area contributed by atoms with Gasteiger partial charge in [0.1, 0.15) is 0 Å². The molecule has 3 rings (SSSR count). The fraction of sp³-hybridized carbons (Fsp3) is 0.647. The Morgan fingerprint density at radius 3 is 2.48 bits per heavy atom. The van der Waals surface area contributed by atoms with Crippen molar-refractivity contribution in [3.63, 3.8) is 0 Å². The van der Waals surface area contributed by atoms with Gasteiger partial charge in [-0.3, -0.25) is 4.90 Å². The minimum atomic E-state index is 0.466. The second kappa shape index (κ2) is 8.25. The Bertz CT molecular complexity index is 410. The van der Waals surface area contributed by atoms with Crippen LogP contribution in [0.1, 0.15) is 26.7 Å². The number of nitrogen functional groups attached to an aromatic ring is 1. The molecule has 2 aliphatic heterocycles. The first kappa shape index (κ1) is 16.1. The van der Waals surface area contributed by atoms with Gasteiger partial charge in [0, 0.05) is 39.3 Å². The second-order valence-electron chi connectivity index (χ2n) is 5.48. The number of rotatable bonds is 3. The van der Waals surface area contributed by atoms with Crippen LogP contribution in [0.5, 0.6) is 0 Å². The molecule has 21 heavy (non-hydrogen) atoms. The van der Waals surface area contributed by atoms with E-state index in [0.29, 0.717) is 6.10 Å². The Hall–Kier alpha value is -1.26. The number of hydrogen-bond acceptors (Lipinski definition) is 4. The van der Waals surface area contributed by atoms with E-state index in [2.05, 4.69) is 21.9 Å². The van der Waals surface area contributed by atoms with Gasteiger partial charge in [0.2, 0.25) is 0 Å². The molecule has 0 amide bonds. The Morgan fingerprint density at radius 2 is 1.86 bits per heavy atom. The Balaban J connectivity index is 0.000000774. The quantitative estimate of drug-likeness (QED) is 0.869. The molecule has 2 heterocycles. The number of hydrogen-bond donors (Lipinski definition) is 1. The minimum absolute atomic E-state index is 0.466. The van der Waals surface area contributed by atoms with E-state index < -0.39 is 0 Å². The Labute approximate surface area is 128 Å². The average Bonchev–Trinajstić information content (AvgIpc) is 3.04. The molecule has 4 nitrogen and oxygen atoms in total. The van der Waals surface area contributed by atoms with Crippen molar-refractivity contribution < 1.29 is 4.74 Å². The lowest BCUT2D eigenvalue weighted by molar-refractivity contribution is 0.0713. The predicted octanol–water partition coefficient (Wildman–Crippen LogP) is 2.60. The largest absolute Gasteiger partial charge is 0.397 e. The summed E-state index contributed by atoms with van der Waals surface area (Å²) in [5.74, 6) is 0. The van der Waals surface area contributed by atoms with Crippen molar-refractivity contribution in [1.82, 2.24) is 4.90 Å². The van der Waals surface area contributed by atoms with Crippen molar-refractivity contribution in [3.05, 3.63) is 24.3 Å². The molecule has 0 bridgehead atoms. The SMILES string of the molecule is CC.Nc1ccccc1N1CCN(CC2CCCO2)CC1. The van der Waals surface area contributed by atoms with Crippen LogP contribution in [0, 0.1) is 0 Å². The molecular formula is C17H29N3O. The lowest BCUT2D eigenvalue weighted by Gasteiger charge is -2.37. The summed E-state index contributed by atoms with van der Waals surface area (Å²) in [6.07, 6.45) is 2.92. The van der Waals surface area contributed by atoms with Crippen LogP contribution in [0.15, 0.2) is 24.3 Å². The van der Waals surface area contributed by atoms with E-state index in [9.17, 15) is 0 Å². The van der Waals surface area contributed by atoms with Gasteiger partial charge >= 0.3 is 0 Å². The lowest BCUT2D eigenvalue weighted by atomic mass is 10.2. The molecule has 1 aromatic carbocycles. The van der Waals surface area contributed by atoms with Gasteiger partial charge in [0.05, 0.1) is 17.5 Å². The second-order valence-corrected chi connectivity index (χ2v) is 5.48. The number of nitrogens with two attached hydrogens (primary N) is 1. The summed E-state index contributed by atoms with van der Waals surface area (Å²) in [5, 5.41) is 0. The number of piperazine rings is 1. The highest BCUT2D eigenvalue weighted by molar-refractivity contribution is 5.67. The monoisotopic (exact) mass is 291 g/mol. The maximum atomic E-state index is 6.04. The van der Waals surface area contributed by atoms with E-state index in [-0.39, 0.29) is 0 Å². The lowest BCUT2D eigenvalue weighted by Crippen LogP contribution is -2.48. The van der Waals surface area contributed by atoms with Crippen LogP contribution in [-0.4, -0.2) is 50.3 Å². The zero-order chi connectivity index (χ0) is 15.1. The summed E-state index contributed by atoms with van der Waals surface area (Å²) in [4.78, 5) is 4.91. The van der Waals surface area contributed by atoms with Crippen molar-refractivity contribution >= 4 is 11.4 Å². The van der Waals surface area contributed by atoms with Gasteiger partial charge in [-0.05, 0) is 25.0 Å². The number of benzene rings is 1. The van der Waals surface area contributed by atoms with Gasteiger partial charge in [-0.2, -0.15) is 0 Å². The number of ether oxygens (including phenoxy) is 1. The van der Waals surface area contributed by atoms with Crippen LogP contribution < -0.4 is 10.6 Å². The van der Waals surface area contributed by atoms with Crippen molar-refractivity contribution in [1.29, 1.82) is 0 Å². The average molecular weight is 291 g/mol. The summed E-state index contributed by atoms with van der Waals surface area (Å²) in [7, 11) is 0. The van der Waals surface area contributed by atoms with E-state index in [1.54, 1.807) is 0 Å². The van der Waals surface area contributed by atoms with Crippen molar-refractivity contribution in [2.24, 2.45) is 0 Å². The molecule has 2 aliphatic rings. The fourth-order valence-electron chi connectivity index (χ4n) is 3.02. The van der Waals surface area contributed by atoms with Crippen molar-refractivity contribution in [2.75, 3.05) is 50.0 Å². The van der Waals surface area contributed by atoms with Gasteiger partial charge in [-0.1, -0.05) is 26.0 Å². The summed E-state index contributed by atoms with van der Waals surface area (Å²) in [5.41, 5.74) is 8.11. The van der Waals surface area contributed by atoms with E-state index in [1.807, 2.05) is 26.0 Å². The molecule has 0 aromatic heterocycles. The molecule has 2 N–H and O–H groups in total. The minimum Gasteiger partial charge on any atom is -0.397 e. The van der Waals surface area contributed by atoms with Gasteiger partial charge in [-0.25, -0.2) is 0 Å². The normalized spacial score (nSPS) is 22.8. The zero-order valence-electron chi connectivity index (χ0n) is 13.4. The molecule has 1 unspecified atom stereocenters. The Kier molecular flexibility index (Phi) is 6.33. The standard InChI is InChI=1S/C15H23N3O.C2H6/c16-14-5-1-2-6-15(14)18-9-7-17(8-10-18)12-13-4-3-11-19-13;1-2/h1-2,5-6,13H,3-4,7-12,16H2;1-2H3. The van der Waals surface area contributed by atoms with E-state index in [0.717, 1.165) is 45.0 Å². The van der Waals surface area contributed by atoms with Crippen LogP contribution in [0.2, 0.25) is 0 Å². The summed E-state index contributed by atoms with van der Waals surface area (Å²) in [6, 6.07) is 8.15. The highest BCUT2D eigenvalue weighted by atomic mass is 16.5. The topological polar surface area (TPSA) is 41.7 Å². The van der Waals surface area contributed by atoms with Crippen LogP contribution >= 0.6 is 0 Å². The molecule has 2 fully saturated rings. The number of anilines is 2. The maximum Gasteiger partial charge on any atom is 0.0702 e. The highest BCUT2D eigenvalue weighted by Gasteiger charge is 2.23. The third kappa shape index (κ3) is 4.35. The molecular weight excluding hydrogens is 262 g/mol. The van der Waals surface area contributed by atoms with Crippen LogP contribution in [0.4, 0.5) is 11.4 Å². The first-order valence-electron chi connectivity index (χ1n) is 8.26. The van der Waals surface area contributed by atoms with Crippen LogP contribution in [0.3, 0.4) is 0 Å². The van der Waals surface area contributed by atoms with Gasteiger partial charge in [0.15, 0.2) is 0 Å². The van der Waals surface area contributed by atoms with Gasteiger partial charge in [-0.15, -0.1) is 0 Å². The van der Waals surface area contributed by atoms with Crippen molar-refractivity contribution in [3.8, 4) is 0 Å². The summed E-state index contributed by atoms with van der Waals surface area (Å²) in [6.45, 7) is 10.4.